The van der Waals surface area contributed by atoms with Crippen molar-refractivity contribution in [1.29, 1.82) is 0 Å². The smallest absolute Gasteiger partial charge is 0.326 e. The van der Waals surface area contributed by atoms with Crippen molar-refractivity contribution in [2.24, 2.45) is 5.73 Å². The minimum atomic E-state index is -4.47. The molecule has 0 saturated carbocycles. The van der Waals surface area contributed by atoms with Gasteiger partial charge in [0.2, 0.25) is 0 Å². The molecule has 3 nitrogen and oxygen atoms in total. The summed E-state index contributed by atoms with van der Waals surface area (Å²) in [6.45, 7) is 0.125. The second kappa shape index (κ2) is 5.58. The number of nitrogens with zero attached hydrogens (tertiary/aromatic N) is 2. The van der Waals surface area contributed by atoms with E-state index >= 15 is 0 Å². The highest BCUT2D eigenvalue weighted by molar-refractivity contribution is 7.99. The minimum Gasteiger partial charge on any atom is -0.326 e. The van der Waals surface area contributed by atoms with Crippen LogP contribution in [0.2, 0.25) is 0 Å². The number of halogens is 3. The average Bonchev–Trinajstić information content (AvgIpc) is 2.39. The molecule has 0 spiro atoms. The van der Waals surface area contributed by atoms with Gasteiger partial charge in [0.25, 0.3) is 0 Å². The number of hydrogen-bond acceptors (Lipinski definition) is 4. The molecule has 0 amide bonds. The van der Waals surface area contributed by atoms with Crippen LogP contribution < -0.4 is 5.73 Å². The molecule has 0 saturated heterocycles. The van der Waals surface area contributed by atoms with Crippen LogP contribution in [0.3, 0.4) is 0 Å². The Morgan fingerprint density at radius 1 is 1.16 bits per heavy atom. The largest absolute Gasteiger partial charge is 0.433 e. The van der Waals surface area contributed by atoms with Crippen molar-refractivity contribution >= 4 is 11.8 Å². The Kier molecular flexibility index (Phi) is 4.06. The van der Waals surface area contributed by atoms with Gasteiger partial charge in [-0.15, -0.1) is 0 Å². The predicted molar refractivity (Wildman–Crippen MR) is 65.5 cm³/mol. The van der Waals surface area contributed by atoms with E-state index in [1.807, 2.05) is 0 Å². The van der Waals surface area contributed by atoms with Crippen LogP contribution in [0.5, 0.6) is 0 Å². The summed E-state index contributed by atoms with van der Waals surface area (Å²) >= 11 is 1.07. The standard InChI is InChI=1S/C12H10F3N3S/c13-12(14,15)9-5-4-8(7-16)11(18-9)19-10-3-1-2-6-17-10/h1-6H,7,16H2. The van der Waals surface area contributed by atoms with E-state index in [9.17, 15) is 13.2 Å². The predicted octanol–water partition coefficient (Wildman–Crippen LogP) is 3.11. The van der Waals surface area contributed by atoms with Crippen LogP contribution in [0.25, 0.3) is 0 Å². The number of rotatable bonds is 3. The fourth-order valence-corrected chi connectivity index (χ4v) is 2.26. The SMILES string of the molecule is NCc1ccc(C(F)(F)F)nc1Sc1ccccn1. The van der Waals surface area contributed by atoms with E-state index in [0.29, 0.717) is 10.6 Å². The van der Waals surface area contributed by atoms with Crippen molar-refractivity contribution in [3.8, 4) is 0 Å². The quantitative estimate of drug-likeness (QED) is 0.941. The van der Waals surface area contributed by atoms with Crippen LogP contribution in [0.4, 0.5) is 13.2 Å². The maximum absolute atomic E-state index is 12.6. The molecule has 2 rings (SSSR count). The van der Waals surface area contributed by atoms with Gasteiger partial charge in [-0.1, -0.05) is 12.1 Å². The van der Waals surface area contributed by atoms with Gasteiger partial charge in [-0.25, -0.2) is 9.97 Å². The number of aromatic nitrogens is 2. The lowest BCUT2D eigenvalue weighted by atomic mass is 10.2. The molecule has 0 bridgehead atoms. The molecule has 19 heavy (non-hydrogen) atoms. The van der Waals surface area contributed by atoms with Crippen LogP contribution in [0, 0.1) is 0 Å². The van der Waals surface area contributed by atoms with Crippen LogP contribution in [0.1, 0.15) is 11.3 Å². The molecule has 2 aromatic heterocycles. The third-order valence-electron chi connectivity index (χ3n) is 2.29. The van der Waals surface area contributed by atoms with Crippen LogP contribution in [-0.4, -0.2) is 9.97 Å². The lowest BCUT2D eigenvalue weighted by molar-refractivity contribution is -0.141. The Hall–Kier alpha value is -1.60. The molecule has 0 aliphatic rings. The highest BCUT2D eigenvalue weighted by Crippen LogP contribution is 2.32. The lowest BCUT2D eigenvalue weighted by Crippen LogP contribution is -2.10. The van der Waals surface area contributed by atoms with E-state index < -0.39 is 11.9 Å². The van der Waals surface area contributed by atoms with E-state index in [-0.39, 0.29) is 11.6 Å². The highest BCUT2D eigenvalue weighted by Gasteiger charge is 2.33. The summed E-state index contributed by atoms with van der Waals surface area (Å²) in [7, 11) is 0. The van der Waals surface area contributed by atoms with Gasteiger partial charge in [-0.3, -0.25) is 0 Å². The Morgan fingerprint density at radius 2 is 1.95 bits per heavy atom. The monoisotopic (exact) mass is 285 g/mol. The molecule has 0 unspecified atom stereocenters. The number of nitrogens with two attached hydrogens (primary N) is 1. The summed E-state index contributed by atoms with van der Waals surface area (Å²) in [5, 5.41) is 0.806. The summed E-state index contributed by atoms with van der Waals surface area (Å²) in [5.41, 5.74) is 5.14. The molecule has 0 aliphatic carbocycles. The second-order valence-corrected chi connectivity index (χ2v) is 4.64. The van der Waals surface area contributed by atoms with Crippen molar-refractivity contribution in [2.75, 3.05) is 0 Å². The summed E-state index contributed by atoms with van der Waals surface area (Å²) < 4.78 is 37.9. The first-order valence-corrected chi connectivity index (χ1v) is 6.18. The van der Waals surface area contributed by atoms with Crippen LogP contribution in [-0.2, 0) is 12.7 Å². The normalized spacial score (nSPS) is 11.6. The molecule has 0 radical (unpaired) electrons. The van der Waals surface area contributed by atoms with E-state index in [1.54, 1.807) is 24.4 Å². The molecule has 0 fully saturated rings. The van der Waals surface area contributed by atoms with E-state index in [1.165, 1.54) is 6.07 Å². The van der Waals surface area contributed by atoms with Crippen molar-refractivity contribution in [3.05, 3.63) is 47.8 Å². The Bertz CT molecular complexity index is 558. The van der Waals surface area contributed by atoms with Crippen molar-refractivity contribution in [2.45, 2.75) is 22.8 Å². The summed E-state index contributed by atoms with van der Waals surface area (Å²) in [6, 6.07) is 7.47. The number of pyridine rings is 2. The number of hydrogen-bond donors (Lipinski definition) is 1. The first-order chi connectivity index (χ1) is 9.00. The first-order valence-electron chi connectivity index (χ1n) is 5.37. The van der Waals surface area contributed by atoms with Crippen molar-refractivity contribution < 1.29 is 13.2 Å². The van der Waals surface area contributed by atoms with Gasteiger partial charge in [0.1, 0.15) is 15.7 Å². The van der Waals surface area contributed by atoms with Gasteiger partial charge in [0.15, 0.2) is 0 Å². The number of alkyl halides is 3. The van der Waals surface area contributed by atoms with Crippen LogP contribution in [0.15, 0.2) is 46.6 Å². The molecule has 7 heteroatoms. The molecule has 2 aromatic rings. The maximum atomic E-state index is 12.6. The first kappa shape index (κ1) is 13.8. The molecular weight excluding hydrogens is 275 g/mol. The third-order valence-corrected chi connectivity index (χ3v) is 3.29. The van der Waals surface area contributed by atoms with E-state index in [2.05, 4.69) is 9.97 Å². The van der Waals surface area contributed by atoms with Gasteiger partial charge < -0.3 is 5.73 Å². The topological polar surface area (TPSA) is 51.8 Å². The van der Waals surface area contributed by atoms with E-state index in [0.717, 1.165) is 17.8 Å². The zero-order chi connectivity index (χ0) is 13.9. The van der Waals surface area contributed by atoms with Crippen LogP contribution >= 0.6 is 11.8 Å². The van der Waals surface area contributed by atoms with E-state index in [4.69, 9.17) is 5.73 Å². The van der Waals surface area contributed by atoms with Gasteiger partial charge in [0.05, 0.1) is 0 Å². The average molecular weight is 285 g/mol. The molecule has 100 valence electrons. The van der Waals surface area contributed by atoms with Gasteiger partial charge in [0, 0.05) is 12.7 Å². The Labute approximate surface area is 112 Å². The molecule has 2 heterocycles. The zero-order valence-corrected chi connectivity index (χ0v) is 10.5. The van der Waals surface area contributed by atoms with Gasteiger partial charge in [-0.2, -0.15) is 13.2 Å². The van der Waals surface area contributed by atoms with Crippen molar-refractivity contribution in [1.82, 2.24) is 9.97 Å². The molecular formula is C12H10F3N3S. The minimum absolute atomic E-state index is 0.125. The molecule has 0 aliphatic heterocycles. The van der Waals surface area contributed by atoms with Gasteiger partial charge in [-0.05, 0) is 35.5 Å². The molecule has 0 atom stereocenters. The zero-order valence-electron chi connectivity index (χ0n) is 9.69. The summed E-state index contributed by atoms with van der Waals surface area (Å²) in [4.78, 5) is 7.67. The highest BCUT2D eigenvalue weighted by atomic mass is 32.2. The third kappa shape index (κ3) is 3.45. The second-order valence-electron chi connectivity index (χ2n) is 3.63. The summed E-state index contributed by atoms with van der Waals surface area (Å²) in [5.74, 6) is 0. The fraction of sp³-hybridized carbons (Fsp3) is 0.167. The lowest BCUT2D eigenvalue weighted by Gasteiger charge is -2.10. The van der Waals surface area contributed by atoms with Crippen molar-refractivity contribution in [3.63, 3.8) is 0 Å². The Morgan fingerprint density at radius 3 is 2.53 bits per heavy atom. The molecule has 2 N–H and O–H groups in total. The van der Waals surface area contributed by atoms with Gasteiger partial charge >= 0.3 is 6.18 Å². The fourth-order valence-electron chi connectivity index (χ4n) is 1.38. The summed E-state index contributed by atoms with van der Waals surface area (Å²) in [6.07, 6.45) is -2.90. The molecule has 0 aromatic carbocycles. The maximum Gasteiger partial charge on any atom is 0.433 e. The Balaban J connectivity index is 2.37.